The van der Waals surface area contributed by atoms with Gasteiger partial charge in [0, 0.05) is 25.4 Å². The Morgan fingerprint density at radius 1 is 1.18 bits per heavy atom. The summed E-state index contributed by atoms with van der Waals surface area (Å²) in [5.74, 6) is -0.122. The van der Waals surface area contributed by atoms with Crippen molar-refractivity contribution in [3.63, 3.8) is 0 Å². The number of halogens is 2. The highest BCUT2D eigenvalue weighted by Crippen LogP contribution is 2.45. The number of rotatable bonds is 3. The molecular weight excluding hydrogens is 368 g/mol. The van der Waals surface area contributed by atoms with Crippen molar-refractivity contribution < 1.29 is 23.7 Å². The van der Waals surface area contributed by atoms with Gasteiger partial charge in [-0.15, -0.1) is 0 Å². The number of aliphatic imine (C=N–C) groups is 1. The lowest BCUT2D eigenvalue weighted by Crippen LogP contribution is -2.58. The first-order valence-corrected chi connectivity index (χ1v) is 8.98. The Morgan fingerprint density at radius 3 is 2.64 bits per heavy atom. The largest absolute Gasteiger partial charge is 0.444 e. The molecule has 0 saturated heterocycles. The van der Waals surface area contributed by atoms with Crippen LogP contribution in [-0.2, 0) is 0 Å². The van der Waals surface area contributed by atoms with Gasteiger partial charge in [-0.3, -0.25) is 4.99 Å². The molecule has 2 aromatic rings. The van der Waals surface area contributed by atoms with E-state index in [4.69, 9.17) is 4.74 Å². The van der Waals surface area contributed by atoms with Crippen molar-refractivity contribution in [2.45, 2.75) is 31.4 Å². The fourth-order valence-electron chi connectivity index (χ4n) is 3.60. The molecule has 0 aromatic heterocycles. The molecule has 2 heterocycles. The SMILES string of the molecule is C[C@H](O)c1cccc2c1OC(F)(F)C(O)N2CC1C=Nc2ccccc2N1C. The minimum atomic E-state index is -3.82. The van der Waals surface area contributed by atoms with Crippen LogP contribution in [0.3, 0.4) is 0 Å². The molecule has 0 bridgehead atoms. The summed E-state index contributed by atoms with van der Waals surface area (Å²) >= 11 is 0. The van der Waals surface area contributed by atoms with Gasteiger partial charge in [0.2, 0.25) is 6.23 Å². The zero-order valence-corrected chi connectivity index (χ0v) is 15.5. The molecule has 6 nitrogen and oxygen atoms in total. The number of fused-ring (bicyclic) bond motifs is 2. The van der Waals surface area contributed by atoms with Crippen LogP contribution in [0.5, 0.6) is 5.75 Å². The summed E-state index contributed by atoms with van der Waals surface area (Å²) in [6.07, 6.45) is -5.29. The minimum Gasteiger partial charge on any atom is -0.427 e. The van der Waals surface area contributed by atoms with E-state index < -0.39 is 18.4 Å². The smallest absolute Gasteiger partial charge is 0.427 e. The number of ether oxygens (including phenoxy) is 1. The summed E-state index contributed by atoms with van der Waals surface area (Å²) in [5, 5.41) is 20.3. The predicted octanol–water partition coefficient (Wildman–Crippen LogP) is 3.07. The molecule has 0 fully saturated rings. The van der Waals surface area contributed by atoms with Crippen LogP contribution in [0.1, 0.15) is 18.6 Å². The average Bonchev–Trinajstić information content (AvgIpc) is 2.66. The second kappa shape index (κ2) is 6.72. The topological polar surface area (TPSA) is 68.5 Å². The maximum Gasteiger partial charge on any atom is 0.444 e. The monoisotopic (exact) mass is 389 g/mol. The lowest BCUT2D eigenvalue weighted by Gasteiger charge is -2.43. The van der Waals surface area contributed by atoms with Crippen LogP contribution >= 0.6 is 0 Å². The van der Waals surface area contributed by atoms with Gasteiger partial charge in [0.1, 0.15) is 0 Å². The molecule has 4 rings (SSSR count). The van der Waals surface area contributed by atoms with E-state index in [9.17, 15) is 19.0 Å². The van der Waals surface area contributed by atoms with E-state index in [1.807, 2.05) is 36.2 Å². The van der Waals surface area contributed by atoms with Gasteiger partial charge in [-0.2, -0.15) is 8.78 Å². The zero-order chi connectivity index (χ0) is 20.1. The Balaban J connectivity index is 1.71. The normalized spacial score (nSPS) is 23.6. The predicted molar refractivity (Wildman–Crippen MR) is 103 cm³/mol. The van der Waals surface area contributed by atoms with Crippen molar-refractivity contribution in [1.29, 1.82) is 0 Å². The highest BCUT2D eigenvalue weighted by Gasteiger charge is 2.51. The summed E-state index contributed by atoms with van der Waals surface area (Å²) in [5.41, 5.74) is 2.22. The fraction of sp³-hybridized carbons (Fsp3) is 0.350. The van der Waals surface area contributed by atoms with Gasteiger partial charge in [0.15, 0.2) is 5.75 Å². The number of alkyl halides is 2. The molecular formula is C20H21F2N3O3. The average molecular weight is 389 g/mol. The molecule has 0 amide bonds. The van der Waals surface area contributed by atoms with Crippen LogP contribution in [0.2, 0.25) is 0 Å². The number of nitrogens with zero attached hydrogens (tertiary/aromatic N) is 3. The second-order valence-electron chi connectivity index (χ2n) is 7.01. The maximum atomic E-state index is 14.4. The number of anilines is 2. The van der Waals surface area contributed by atoms with Crippen molar-refractivity contribution in [2.75, 3.05) is 23.4 Å². The zero-order valence-electron chi connectivity index (χ0n) is 15.5. The number of hydrogen-bond donors (Lipinski definition) is 2. The van der Waals surface area contributed by atoms with E-state index in [1.165, 1.54) is 17.9 Å². The standard InChI is InChI=1S/C20H21F2N3O3/c1-12(26)14-6-5-9-17-18(14)28-20(21,22)19(27)25(17)11-13-10-23-15-7-3-4-8-16(15)24(13)2/h3-10,12-13,19,26-27H,11H2,1-2H3/t12-,13?,19?/m0/s1. The van der Waals surface area contributed by atoms with E-state index >= 15 is 0 Å². The van der Waals surface area contributed by atoms with E-state index in [-0.39, 0.29) is 23.9 Å². The molecule has 0 aliphatic carbocycles. The molecule has 2 unspecified atom stereocenters. The Bertz CT molecular complexity index is 919. The van der Waals surface area contributed by atoms with E-state index in [0.717, 1.165) is 11.4 Å². The van der Waals surface area contributed by atoms with Gasteiger partial charge in [-0.25, -0.2) is 0 Å². The number of benzene rings is 2. The second-order valence-corrected chi connectivity index (χ2v) is 7.01. The molecule has 2 aromatic carbocycles. The molecule has 0 spiro atoms. The third kappa shape index (κ3) is 2.98. The summed E-state index contributed by atoms with van der Waals surface area (Å²) in [6, 6.07) is 12.0. The maximum absolute atomic E-state index is 14.4. The molecule has 148 valence electrons. The summed E-state index contributed by atoms with van der Waals surface area (Å²) in [7, 11) is 1.85. The van der Waals surface area contributed by atoms with Gasteiger partial charge in [-0.1, -0.05) is 24.3 Å². The third-order valence-corrected chi connectivity index (χ3v) is 5.15. The number of aliphatic hydroxyl groups is 2. The third-order valence-electron chi connectivity index (χ3n) is 5.15. The van der Waals surface area contributed by atoms with Gasteiger partial charge in [0.25, 0.3) is 0 Å². The molecule has 2 N–H and O–H groups in total. The number of likely N-dealkylation sites (N-methyl/N-ethyl adjacent to an activating group) is 1. The van der Waals surface area contributed by atoms with Crippen molar-refractivity contribution in [3.8, 4) is 5.75 Å². The Labute approximate surface area is 161 Å². The van der Waals surface area contributed by atoms with Crippen LogP contribution in [0, 0.1) is 0 Å². The lowest BCUT2D eigenvalue weighted by atomic mass is 10.0. The molecule has 8 heteroatoms. The summed E-state index contributed by atoms with van der Waals surface area (Å²) < 4.78 is 33.6. The van der Waals surface area contributed by atoms with Gasteiger partial charge >= 0.3 is 6.11 Å². The van der Waals surface area contributed by atoms with Gasteiger partial charge in [-0.05, 0) is 25.1 Å². The van der Waals surface area contributed by atoms with E-state index in [2.05, 4.69) is 4.99 Å². The van der Waals surface area contributed by atoms with Crippen LogP contribution in [0.15, 0.2) is 47.5 Å². The first-order chi connectivity index (χ1) is 13.3. The Hall–Kier alpha value is -2.71. The minimum absolute atomic E-state index is 0.0602. The highest BCUT2D eigenvalue weighted by atomic mass is 19.3. The fourth-order valence-corrected chi connectivity index (χ4v) is 3.60. The molecule has 2 aliphatic heterocycles. The molecule has 28 heavy (non-hydrogen) atoms. The molecule has 3 atom stereocenters. The number of aliphatic hydroxyl groups excluding tert-OH is 2. The van der Waals surface area contributed by atoms with E-state index in [0.29, 0.717) is 5.69 Å². The van der Waals surface area contributed by atoms with E-state index in [1.54, 1.807) is 18.3 Å². The van der Waals surface area contributed by atoms with Gasteiger partial charge in [0.05, 0.1) is 29.2 Å². The Kier molecular flexibility index (Phi) is 4.47. The summed E-state index contributed by atoms with van der Waals surface area (Å²) in [6.45, 7) is 1.54. The van der Waals surface area contributed by atoms with Crippen LogP contribution < -0.4 is 14.5 Å². The molecule has 0 saturated carbocycles. The van der Waals surface area contributed by atoms with Crippen molar-refractivity contribution in [3.05, 3.63) is 48.0 Å². The lowest BCUT2D eigenvalue weighted by molar-refractivity contribution is -0.245. The number of para-hydroxylation sites is 3. The first-order valence-electron chi connectivity index (χ1n) is 8.98. The quantitative estimate of drug-likeness (QED) is 0.845. The highest BCUT2D eigenvalue weighted by molar-refractivity contribution is 5.84. The first kappa shape index (κ1) is 18.6. The van der Waals surface area contributed by atoms with Crippen LogP contribution in [0.4, 0.5) is 25.8 Å². The molecule has 2 aliphatic rings. The van der Waals surface area contributed by atoms with Crippen LogP contribution in [-0.4, -0.2) is 48.4 Å². The van der Waals surface area contributed by atoms with Crippen molar-refractivity contribution >= 4 is 23.3 Å². The summed E-state index contributed by atoms with van der Waals surface area (Å²) in [4.78, 5) is 7.55. The number of hydrogen-bond acceptors (Lipinski definition) is 6. The van der Waals surface area contributed by atoms with Crippen molar-refractivity contribution in [2.24, 2.45) is 4.99 Å². The van der Waals surface area contributed by atoms with Gasteiger partial charge < -0.3 is 24.7 Å². The molecule has 0 radical (unpaired) electrons. The Morgan fingerprint density at radius 2 is 1.89 bits per heavy atom. The van der Waals surface area contributed by atoms with Crippen LogP contribution in [0.25, 0.3) is 0 Å². The van der Waals surface area contributed by atoms with Crippen molar-refractivity contribution in [1.82, 2.24) is 0 Å².